The van der Waals surface area contributed by atoms with Crippen molar-refractivity contribution in [1.82, 2.24) is 0 Å². The summed E-state index contributed by atoms with van der Waals surface area (Å²) in [6.45, 7) is 4.12. The molecule has 83 heavy (non-hydrogen) atoms. The van der Waals surface area contributed by atoms with Crippen LogP contribution in [0.25, 0.3) is 0 Å². The molecule has 0 amide bonds. The molecule has 0 aromatic carbocycles. The van der Waals surface area contributed by atoms with Crippen LogP contribution in [0.5, 0.6) is 0 Å². The maximum atomic E-state index is 12.8. The molecule has 0 aromatic heterocycles. The number of esters is 2. The van der Waals surface area contributed by atoms with Crippen LogP contribution >= 0.6 is 7.82 Å². The fourth-order valence-electron chi connectivity index (χ4n) is 9.88. The number of phosphoric acid groups is 1. The maximum absolute atomic E-state index is 12.8. The van der Waals surface area contributed by atoms with Crippen molar-refractivity contribution in [1.29, 1.82) is 0 Å². The standard InChI is InChI=1S/C73H132NO8P/c1-6-8-10-12-14-16-18-20-22-24-26-28-30-32-33-34-35-36-37-38-39-40-42-43-45-47-49-51-53-55-57-59-61-63-65-72(75)79-69-71(70-81-83(77,78)80-68-67-74(3,4)5)82-73(76)66-64-62-60-58-56-54-52-50-48-46-44-41-31-29-27-25-23-21-19-17-15-13-11-9-7-2/h9,11,15,17,21,23,27,29,41,44,48,50,54,56,71H,6-8,10,12-14,16,18-20,22,24-26,28,30-40,42-43,45-47,49,51-53,55,57-70H2,1-5H3/b11-9-,17-15-,23-21-,29-27-,44-41-,50-48-,56-54-. The highest BCUT2D eigenvalue weighted by Gasteiger charge is 2.22. The highest BCUT2D eigenvalue weighted by Crippen LogP contribution is 2.38. The maximum Gasteiger partial charge on any atom is 0.306 e. The van der Waals surface area contributed by atoms with Gasteiger partial charge in [-0.1, -0.05) is 317 Å². The second-order valence-electron chi connectivity index (χ2n) is 24.5. The summed E-state index contributed by atoms with van der Waals surface area (Å²) in [4.78, 5) is 38.0. The van der Waals surface area contributed by atoms with E-state index in [2.05, 4.69) is 98.9 Å². The molecule has 0 radical (unpaired) electrons. The van der Waals surface area contributed by atoms with Crippen LogP contribution in [0.1, 0.15) is 316 Å². The molecule has 0 aliphatic rings. The molecule has 482 valence electrons. The number of carbonyl (C=O) groups excluding carboxylic acids is 2. The molecule has 0 bridgehead atoms. The molecule has 0 aromatic rings. The highest BCUT2D eigenvalue weighted by atomic mass is 31.2. The number of likely N-dealkylation sites (N-methyl/N-ethyl adjacent to an activating group) is 1. The number of allylic oxidation sites excluding steroid dienone is 14. The van der Waals surface area contributed by atoms with E-state index in [-0.39, 0.29) is 32.0 Å². The molecule has 10 heteroatoms. The van der Waals surface area contributed by atoms with Gasteiger partial charge in [-0.15, -0.1) is 0 Å². The van der Waals surface area contributed by atoms with Gasteiger partial charge in [0.25, 0.3) is 7.82 Å². The van der Waals surface area contributed by atoms with E-state index in [1.165, 1.54) is 199 Å². The molecule has 0 saturated carbocycles. The minimum Gasteiger partial charge on any atom is -0.756 e. The van der Waals surface area contributed by atoms with Crippen LogP contribution in [0.2, 0.25) is 0 Å². The number of unbranched alkanes of at least 4 members (excludes halogenated alkanes) is 36. The molecule has 0 spiro atoms. The zero-order valence-corrected chi connectivity index (χ0v) is 55.8. The Balaban J connectivity index is 4.05. The van der Waals surface area contributed by atoms with Crippen LogP contribution in [0, 0.1) is 0 Å². The molecular weight excluding hydrogens is 1050 g/mol. The van der Waals surface area contributed by atoms with Gasteiger partial charge in [-0.2, -0.15) is 0 Å². The summed E-state index contributed by atoms with van der Waals surface area (Å²) in [5, 5.41) is 0. The summed E-state index contributed by atoms with van der Waals surface area (Å²) in [7, 11) is 1.14. The molecule has 9 nitrogen and oxygen atoms in total. The fraction of sp³-hybridized carbons (Fsp3) is 0.781. The smallest absolute Gasteiger partial charge is 0.306 e. The van der Waals surface area contributed by atoms with Gasteiger partial charge in [0.2, 0.25) is 0 Å². The van der Waals surface area contributed by atoms with Gasteiger partial charge < -0.3 is 27.9 Å². The zero-order chi connectivity index (χ0) is 60.5. The Hall–Kier alpha value is -2.81. The van der Waals surface area contributed by atoms with Crippen molar-refractivity contribution in [3.05, 3.63) is 85.1 Å². The van der Waals surface area contributed by atoms with Crippen molar-refractivity contribution < 1.29 is 42.1 Å². The van der Waals surface area contributed by atoms with Crippen molar-refractivity contribution in [3.63, 3.8) is 0 Å². The Labute approximate surface area is 513 Å². The van der Waals surface area contributed by atoms with Gasteiger partial charge in [-0.05, 0) is 70.6 Å². The van der Waals surface area contributed by atoms with Crippen molar-refractivity contribution >= 4 is 19.8 Å². The largest absolute Gasteiger partial charge is 0.756 e. The third-order valence-corrected chi connectivity index (χ3v) is 16.1. The predicted molar refractivity (Wildman–Crippen MR) is 356 cm³/mol. The van der Waals surface area contributed by atoms with Crippen LogP contribution in [-0.2, 0) is 32.7 Å². The summed E-state index contributed by atoms with van der Waals surface area (Å²) in [5.41, 5.74) is 0. The average molecular weight is 1180 g/mol. The van der Waals surface area contributed by atoms with E-state index in [0.29, 0.717) is 17.4 Å². The highest BCUT2D eigenvalue weighted by molar-refractivity contribution is 7.45. The summed E-state index contributed by atoms with van der Waals surface area (Å²) >= 11 is 0. The normalized spacial score (nSPS) is 13.7. The number of carbonyl (C=O) groups is 2. The average Bonchev–Trinajstić information content (AvgIpc) is 3.48. The molecule has 2 unspecified atom stereocenters. The summed E-state index contributed by atoms with van der Waals surface area (Å²) in [6, 6.07) is 0. The number of rotatable bonds is 64. The minimum absolute atomic E-state index is 0.0405. The molecule has 0 fully saturated rings. The predicted octanol–water partition coefficient (Wildman–Crippen LogP) is 21.9. The number of nitrogens with zero attached hydrogens (tertiary/aromatic N) is 1. The SMILES string of the molecule is CC/C=C\C/C=C\C/C=C\C/C=C\C/C=C\C/C=C\C/C=C\CCCCCC(=O)OC(COC(=O)CCCCCCCCCCCCCCCCCCCCCCCCCCCCCCCCCCCC)COP(=O)([O-])OCC[N+](C)(C)C. The first-order chi connectivity index (χ1) is 40.5. The van der Waals surface area contributed by atoms with E-state index in [1.54, 1.807) is 0 Å². The van der Waals surface area contributed by atoms with E-state index >= 15 is 0 Å². The first kappa shape index (κ1) is 80.2. The summed E-state index contributed by atoms with van der Waals surface area (Å²) < 4.78 is 34.2. The molecule has 0 aliphatic heterocycles. The molecule has 0 N–H and O–H groups in total. The topological polar surface area (TPSA) is 111 Å². The van der Waals surface area contributed by atoms with Crippen LogP contribution in [-0.4, -0.2) is 70.0 Å². The Morgan fingerprint density at radius 2 is 0.687 bits per heavy atom. The second kappa shape index (κ2) is 63.7. The molecular formula is C73H132NO8P. The molecule has 0 saturated heterocycles. The van der Waals surface area contributed by atoms with Crippen molar-refractivity contribution in [2.24, 2.45) is 0 Å². The van der Waals surface area contributed by atoms with Crippen LogP contribution in [0.3, 0.4) is 0 Å². The Bertz CT molecular complexity index is 1680. The van der Waals surface area contributed by atoms with Gasteiger partial charge in [0.05, 0.1) is 27.7 Å². The quantitative estimate of drug-likeness (QED) is 0.0195. The van der Waals surface area contributed by atoms with Gasteiger partial charge in [-0.3, -0.25) is 14.2 Å². The molecule has 0 rings (SSSR count). The van der Waals surface area contributed by atoms with Crippen molar-refractivity contribution in [2.45, 2.75) is 322 Å². The zero-order valence-electron chi connectivity index (χ0n) is 54.9. The van der Waals surface area contributed by atoms with Gasteiger partial charge in [0, 0.05) is 12.8 Å². The Morgan fingerprint density at radius 1 is 0.386 bits per heavy atom. The van der Waals surface area contributed by atoms with Crippen molar-refractivity contribution in [3.8, 4) is 0 Å². The second-order valence-corrected chi connectivity index (χ2v) is 25.9. The van der Waals surface area contributed by atoms with E-state index in [4.69, 9.17) is 18.5 Å². The third-order valence-electron chi connectivity index (χ3n) is 15.2. The Kier molecular flexibility index (Phi) is 61.5. The lowest BCUT2D eigenvalue weighted by Gasteiger charge is -2.28. The number of hydrogen-bond acceptors (Lipinski definition) is 8. The number of quaternary nitrogens is 1. The lowest BCUT2D eigenvalue weighted by Crippen LogP contribution is -2.37. The van der Waals surface area contributed by atoms with Crippen LogP contribution < -0.4 is 4.89 Å². The molecule has 0 heterocycles. The third kappa shape index (κ3) is 68.2. The number of phosphoric ester groups is 1. The minimum atomic E-state index is -4.65. The summed E-state index contributed by atoms with van der Waals surface area (Å²) in [5.74, 6) is -0.864. The first-order valence-corrected chi connectivity index (χ1v) is 36.3. The van der Waals surface area contributed by atoms with E-state index in [0.717, 1.165) is 83.5 Å². The van der Waals surface area contributed by atoms with E-state index < -0.39 is 26.5 Å². The van der Waals surface area contributed by atoms with E-state index in [1.807, 2.05) is 21.1 Å². The number of ether oxygens (including phenoxy) is 2. The van der Waals surface area contributed by atoms with Gasteiger partial charge >= 0.3 is 11.9 Å². The monoisotopic (exact) mass is 1180 g/mol. The summed E-state index contributed by atoms with van der Waals surface area (Å²) in [6.07, 6.45) is 86.8. The van der Waals surface area contributed by atoms with Gasteiger partial charge in [-0.25, -0.2) is 0 Å². The van der Waals surface area contributed by atoms with Crippen LogP contribution in [0.15, 0.2) is 85.1 Å². The fourth-order valence-corrected chi connectivity index (χ4v) is 10.6. The molecule has 0 aliphatic carbocycles. The van der Waals surface area contributed by atoms with E-state index in [9.17, 15) is 19.0 Å². The lowest BCUT2D eigenvalue weighted by molar-refractivity contribution is -0.870. The Morgan fingerprint density at radius 3 is 1.02 bits per heavy atom. The van der Waals surface area contributed by atoms with Crippen molar-refractivity contribution in [2.75, 3.05) is 47.5 Å². The number of hydrogen-bond donors (Lipinski definition) is 0. The molecule has 2 atom stereocenters. The van der Waals surface area contributed by atoms with Crippen LogP contribution in [0.4, 0.5) is 0 Å². The first-order valence-electron chi connectivity index (χ1n) is 34.8. The van der Waals surface area contributed by atoms with Gasteiger partial charge in [0.15, 0.2) is 6.10 Å². The van der Waals surface area contributed by atoms with Gasteiger partial charge in [0.1, 0.15) is 19.8 Å². The lowest BCUT2D eigenvalue weighted by atomic mass is 10.0.